The number of hydrogen-bond donors (Lipinski definition) is 0. The molecule has 1 aromatic carbocycles. The van der Waals surface area contributed by atoms with Gasteiger partial charge in [0.25, 0.3) is 5.91 Å². The van der Waals surface area contributed by atoms with Crippen LogP contribution in [-0.4, -0.2) is 36.2 Å². The summed E-state index contributed by atoms with van der Waals surface area (Å²) in [5.41, 5.74) is 0.902. The second-order valence-corrected chi connectivity index (χ2v) is 5.17. The molecule has 0 aliphatic carbocycles. The molecule has 1 amide bonds. The van der Waals surface area contributed by atoms with Gasteiger partial charge in [-0.3, -0.25) is 14.7 Å². The minimum absolute atomic E-state index is 0.00982. The number of nitrogens with zero attached hydrogens (tertiary/aromatic N) is 2. The first-order valence-corrected chi connectivity index (χ1v) is 7.41. The minimum Gasteiger partial charge on any atom is -0.496 e. The Labute approximate surface area is 123 Å². The molecule has 0 unspecified atom stereocenters. The maximum Gasteiger partial charge on any atom is 0.266 e. The third-order valence-corrected chi connectivity index (χ3v) is 3.97. The van der Waals surface area contributed by atoms with Gasteiger partial charge in [0.2, 0.25) is 0 Å². The van der Waals surface area contributed by atoms with Crippen LogP contribution in [0.25, 0.3) is 6.08 Å². The van der Waals surface area contributed by atoms with Crippen molar-refractivity contribution in [1.29, 1.82) is 0 Å². The van der Waals surface area contributed by atoms with Crippen LogP contribution in [0.15, 0.2) is 34.2 Å². The van der Waals surface area contributed by atoms with Crippen LogP contribution in [-0.2, 0) is 4.79 Å². The molecule has 0 radical (unpaired) electrons. The zero-order chi connectivity index (χ0) is 14.5. The lowest BCUT2D eigenvalue weighted by molar-refractivity contribution is -0.122. The first kappa shape index (κ1) is 14.7. The Balaban J connectivity index is 2.36. The molecule has 1 aromatic rings. The van der Waals surface area contributed by atoms with Crippen LogP contribution in [0.1, 0.15) is 19.4 Å². The molecular weight excluding hydrogens is 272 g/mol. The Morgan fingerprint density at radius 1 is 1.35 bits per heavy atom. The first-order valence-electron chi connectivity index (χ1n) is 6.60. The van der Waals surface area contributed by atoms with E-state index in [0.29, 0.717) is 18.0 Å². The van der Waals surface area contributed by atoms with Crippen LogP contribution < -0.4 is 4.74 Å². The van der Waals surface area contributed by atoms with Crippen molar-refractivity contribution in [3.8, 4) is 5.75 Å². The Morgan fingerprint density at radius 2 is 2.10 bits per heavy atom. The van der Waals surface area contributed by atoms with Crippen molar-refractivity contribution in [1.82, 2.24) is 4.90 Å². The Kier molecular flexibility index (Phi) is 4.84. The van der Waals surface area contributed by atoms with E-state index in [1.165, 1.54) is 11.8 Å². The highest BCUT2D eigenvalue weighted by Crippen LogP contribution is 2.33. The third-order valence-electron chi connectivity index (χ3n) is 2.92. The normalized spacial score (nSPS) is 19.1. The molecule has 5 heteroatoms. The van der Waals surface area contributed by atoms with Gasteiger partial charge in [-0.25, -0.2) is 0 Å². The van der Waals surface area contributed by atoms with E-state index in [-0.39, 0.29) is 5.91 Å². The first-order chi connectivity index (χ1) is 9.71. The number of carbonyl (C=O) groups is 1. The number of amides is 1. The molecule has 1 fully saturated rings. The van der Waals surface area contributed by atoms with Crippen LogP contribution >= 0.6 is 11.8 Å². The van der Waals surface area contributed by atoms with Crippen LogP contribution in [0, 0.1) is 0 Å². The van der Waals surface area contributed by atoms with E-state index < -0.39 is 0 Å². The summed E-state index contributed by atoms with van der Waals surface area (Å²) in [6.07, 6.45) is 1.87. The van der Waals surface area contributed by atoms with Crippen molar-refractivity contribution in [2.75, 3.05) is 20.2 Å². The van der Waals surface area contributed by atoms with Crippen LogP contribution in [0.4, 0.5) is 0 Å². The van der Waals surface area contributed by atoms with E-state index >= 15 is 0 Å². The van der Waals surface area contributed by atoms with Gasteiger partial charge in [0.1, 0.15) is 5.75 Å². The number of likely N-dealkylation sites (N-methyl/N-ethyl adjacent to an activating group) is 1. The predicted molar refractivity (Wildman–Crippen MR) is 83.9 cm³/mol. The summed E-state index contributed by atoms with van der Waals surface area (Å²) in [6, 6.07) is 7.66. The van der Waals surface area contributed by atoms with Gasteiger partial charge in [-0.1, -0.05) is 18.2 Å². The number of methoxy groups -OCH3 is 1. The van der Waals surface area contributed by atoms with Gasteiger partial charge in [0.05, 0.1) is 12.0 Å². The van der Waals surface area contributed by atoms with Crippen molar-refractivity contribution >= 4 is 28.9 Å². The van der Waals surface area contributed by atoms with Gasteiger partial charge in [-0.2, -0.15) is 0 Å². The summed E-state index contributed by atoms with van der Waals surface area (Å²) in [5, 5.41) is 0.779. The average molecular weight is 290 g/mol. The molecule has 1 saturated heterocycles. The number of aliphatic imine (C=N–C) groups is 1. The Hall–Kier alpha value is -1.75. The number of para-hydroxylation sites is 1. The lowest BCUT2D eigenvalue weighted by atomic mass is 10.2. The van der Waals surface area contributed by atoms with Crippen molar-refractivity contribution in [3.63, 3.8) is 0 Å². The van der Waals surface area contributed by atoms with E-state index in [4.69, 9.17) is 4.74 Å². The highest BCUT2D eigenvalue weighted by Gasteiger charge is 2.31. The standard InChI is InChI=1S/C15H18N2O2S/c1-4-16-15-17(5-2)14(18)13(20-15)10-11-8-6-7-9-12(11)19-3/h6-10H,4-5H2,1-3H3. The Morgan fingerprint density at radius 3 is 2.75 bits per heavy atom. The van der Waals surface area contributed by atoms with Crippen LogP contribution in [0.2, 0.25) is 0 Å². The number of hydrogen-bond acceptors (Lipinski definition) is 4. The van der Waals surface area contributed by atoms with Gasteiger partial charge in [0.15, 0.2) is 5.17 Å². The van der Waals surface area contributed by atoms with Gasteiger partial charge in [-0.15, -0.1) is 0 Å². The SMILES string of the molecule is CCN=C1SC(=Cc2ccccc2OC)C(=O)N1CC. The molecule has 20 heavy (non-hydrogen) atoms. The van der Waals surface area contributed by atoms with E-state index in [1.54, 1.807) is 12.0 Å². The number of ether oxygens (including phenoxy) is 1. The number of carbonyl (C=O) groups excluding carboxylic acids is 1. The van der Waals surface area contributed by atoms with E-state index in [9.17, 15) is 4.79 Å². The molecule has 1 heterocycles. The van der Waals surface area contributed by atoms with Crippen LogP contribution in [0.5, 0.6) is 5.75 Å². The number of amidine groups is 1. The molecule has 0 aromatic heterocycles. The van der Waals surface area contributed by atoms with Gasteiger partial charge >= 0.3 is 0 Å². The van der Waals surface area contributed by atoms with Gasteiger partial charge < -0.3 is 4.74 Å². The molecule has 4 nitrogen and oxygen atoms in total. The summed E-state index contributed by atoms with van der Waals surface area (Å²) in [5.74, 6) is 0.771. The topological polar surface area (TPSA) is 41.9 Å². The molecule has 0 bridgehead atoms. The van der Waals surface area contributed by atoms with Crippen molar-refractivity contribution in [2.45, 2.75) is 13.8 Å². The number of thioether (sulfide) groups is 1. The summed E-state index contributed by atoms with van der Waals surface area (Å²) in [7, 11) is 1.63. The molecule has 1 aliphatic heterocycles. The molecule has 1 aliphatic rings. The van der Waals surface area contributed by atoms with E-state index in [2.05, 4.69) is 4.99 Å². The average Bonchev–Trinajstić information content (AvgIpc) is 2.75. The zero-order valence-electron chi connectivity index (χ0n) is 11.9. The number of rotatable bonds is 4. The molecular formula is C15H18N2O2S. The smallest absolute Gasteiger partial charge is 0.266 e. The molecule has 0 saturated carbocycles. The maximum atomic E-state index is 12.3. The highest BCUT2D eigenvalue weighted by atomic mass is 32.2. The lowest BCUT2D eigenvalue weighted by Gasteiger charge is -2.11. The highest BCUT2D eigenvalue weighted by molar-refractivity contribution is 8.18. The fourth-order valence-electron chi connectivity index (χ4n) is 1.97. The van der Waals surface area contributed by atoms with Crippen molar-refractivity contribution in [2.24, 2.45) is 4.99 Å². The second-order valence-electron chi connectivity index (χ2n) is 4.16. The van der Waals surface area contributed by atoms with Crippen LogP contribution in [0.3, 0.4) is 0 Å². The zero-order valence-corrected chi connectivity index (χ0v) is 12.7. The Bertz CT molecular complexity index is 567. The van der Waals surface area contributed by atoms with Gasteiger partial charge in [-0.05, 0) is 37.8 Å². The summed E-state index contributed by atoms with van der Waals surface area (Å²) in [6.45, 7) is 5.23. The molecule has 0 spiro atoms. The molecule has 106 valence electrons. The summed E-state index contributed by atoms with van der Waals surface area (Å²) < 4.78 is 5.31. The number of benzene rings is 1. The van der Waals surface area contributed by atoms with Crippen molar-refractivity contribution in [3.05, 3.63) is 34.7 Å². The summed E-state index contributed by atoms with van der Waals surface area (Å²) in [4.78, 5) is 19.1. The van der Waals surface area contributed by atoms with E-state index in [0.717, 1.165) is 16.5 Å². The fraction of sp³-hybridized carbons (Fsp3) is 0.333. The minimum atomic E-state index is 0.00982. The monoisotopic (exact) mass is 290 g/mol. The maximum absolute atomic E-state index is 12.3. The van der Waals surface area contributed by atoms with E-state index in [1.807, 2.05) is 44.2 Å². The van der Waals surface area contributed by atoms with Gasteiger partial charge in [0, 0.05) is 18.7 Å². The summed E-state index contributed by atoms with van der Waals surface area (Å²) >= 11 is 1.42. The second kappa shape index (κ2) is 6.61. The molecule has 0 N–H and O–H groups in total. The third kappa shape index (κ3) is 2.88. The largest absolute Gasteiger partial charge is 0.496 e. The quantitative estimate of drug-likeness (QED) is 0.801. The molecule has 2 rings (SSSR count). The van der Waals surface area contributed by atoms with Crippen molar-refractivity contribution < 1.29 is 9.53 Å². The predicted octanol–water partition coefficient (Wildman–Crippen LogP) is 3.01. The fourth-order valence-corrected chi connectivity index (χ4v) is 3.06. The molecule has 0 atom stereocenters. The lowest BCUT2D eigenvalue weighted by Crippen LogP contribution is -2.28.